The summed E-state index contributed by atoms with van der Waals surface area (Å²) in [6, 6.07) is 13.2. The standard InChI is InChI=1S/C16H12ClFN2O/c17-13-8-14-16(12(9-19)15(13)18)20(6-7-21-14)10-11-4-2-1-3-5-11/h1-5,8H,6-7,10H2. The largest absolute Gasteiger partial charge is 0.489 e. The first-order chi connectivity index (χ1) is 10.2. The summed E-state index contributed by atoms with van der Waals surface area (Å²) in [5.74, 6) is -0.235. The number of hydrogen-bond acceptors (Lipinski definition) is 3. The quantitative estimate of drug-likeness (QED) is 0.847. The third-order valence-electron chi connectivity index (χ3n) is 3.42. The van der Waals surface area contributed by atoms with E-state index >= 15 is 0 Å². The van der Waals surface area contributed by atoms with Crippen molar-refractivity contribution in [3.05, 3.63) is 58.4 Å². The molecule has 0 spiro atoms. The van der Waals surface area contributed by atoms with Crippen molar-refractivity contribution in [1.29, 1.82) is 5.26 Å². The van der Waals surface area contributed by atoms with Gasteiger partial charge in [-0.05, 0) is 5.56 Å². The van der Waals surface area contributed by atoms with E-state index in [2.05, 4.69) is 0 Å². The van der Waals surface area contributed by atoms with E-state index in [0.717, 1.165) is 5.56 Å². The molecule has 0 fully saturated rings. The van der Waals surface area contributed by atoms with E-state index in [1.54, 1.807) is 0 Å². The highest BCUT2D eigenvalue weighted by molar-refractivity contribution is 6.31. The number of hydrogen-bond donors (Lipinski definition) is 0. The van der Waals surface area contributed by atoms with Gasteiger partial charge in [0.2, 0.25) is 0 Å². The van der Waals surface area contributed by atoms with Gasteiger partial charge in [0, 0.05) is 12.6 Å². The maximum atomic E-state index is 14.1. The van der Waals surface area contributed by atoms with Gasteiger partial charge in [-0.25, -0.2) is 4.39 Å². The summed E-state index contributed by atoms with van der Waals surface area (Å²) < 4.78 is 19.6. The minimum Gasteiger partial charge on any atom is -0.489 e. The number of halogens is 2. The molecule has 0 bridgehead atoms. The molecule has 21 heavy (non-hydrogen) atoms. The molecule has 3 rings (SSSR count). The molecule has 5 heteroatoms. The molecule has 2 aromatic carbocycles. The van der Waals surface area contributed by atoms with Crippen molar-refractivity contribution < 1.29 is 9.13 Å². The lowest BCUT2D eigenvalue weighted by molar-refractivity contribution is 0.306. The second-order valence-corrected chi connectivity index (χ2v) is 5.17. The molecule has 0 saturated heterocycles. The normalized spacial score (nSPS) is 13.3. The molecule has 0 unspecified atom stereocenters. The average Bonchev–Trinajstić information content (AvgIpc) is 2.50. The molecule has 0 saturated carbocycles. The Morgan fingerprint density at radius 3 is 2.81 bits per heavy atom. The van der Waals surface area contributed by atoms with Crippen LogP contribution in [0.3, 0.4) is 0 Å². The monoisotopic (exact) mass is 302 g/mol. The summed E-state index contributed by atoms with van der Waals surface area (Å²) in [6.07, 6.45) is 0. The van der Waals surface area contributed by atoms with Crippen LogP contribution >= 0.6 is 11.6 Å². The predicted molar refractivity (Wildman–Crippen MR) is 79.1 cm³/mol. The first-order valence-electron chi connectivity index (χ1n) is 6.54. The lowest BCUT2D eigenvalue weighted by Gasteiger charge is -2.32. The zero-order valence-corrected chi connectivity index (χ0v) is 11.9. The van der Waals surface area contributed by atoms with E-state index in [-0.39, 0.29) is 10.6 Å². The van der Waals surface area contributed by atoms with Crippen LogP contribution in [0, 0.1) is 17.1 Å². The van der Waals surface area contributed by atoms with E-state index in [1.165, 1.54) is 6.07 Å². The Kier molecular flexibility index (Phi) is 3.68. The number of rotatable bonds is 2. The van der Waals surface area contributed by atoms with E-state index < -0.39 is 5.82 Å². The molecule has 0 atom stereocenters. The van der Waals surface area contributed by atoms with Crippen molar-refractivity contribution in [2.45, 2.75) is 6.54 Å². The van der Waals surface area contributed by atoms with Crippen LogP contribution in [-0.4, -0.2) is 13.2 Å². The third-order valence-corrected chi connectivity index (χ3v) is 3.70. The summed E-state index contributed by atoms with van der Waals surface area (Å²) in [5.41, 5.74) is 1.51. The second kappa shape index (κ2) is 5.63. The van der Waals surface area contributed by atoms with Crippen molar-refractivity contribution in [3.63, 3.8) is 0 Å². The molecule has 0 radical (unpaired) electrons. The van der Waals surface area contributed by atoms with Crippen molar-refractivity contribution in [3.8, 4) is 11.8 Å². The van der Waals surface area contributed by atoms with Gasteiger partial charge in [0.25, 0.3) is 0 Å². The van der Waals surface area contributed by atoms with Crippen LogP contribution in [0.2, 0.25) is 5.02 Å². The van der Waals surface area contributed by atoms with E-state index in [0.29, 0.717) is 31.1 Å². The third kappa shape index (κ3) is 2.53. The molecular weight excluding hydrogens is 291 g/mol. The Morgan fingerprint density at radius 1 is 1.33 bits per heavy atom. The summed E-state index contributed by atoms with van der Waals surface area (Å²) in [5, 5.41) is 9.16. The fraction of sp³-hybridized carbons (Fsp3) is 0.188. The Hall–Kier alpha value is -2.25. The fourth-order valence-electron chi connectivity index (χ4n) is 2.46. The zero-order chi connectivity index (χ0) is 14.8. The highest BCUT2D eigenvalue weighted by Crippen LogP contribution is 2.40. The molecular formula is C16H12ClFN2O. The second-order valence-electron chi connectivity index (χ2n) is 4.76. The van der Waals surface area contributed by atoms with Crippen LogP contribution < -0.4 is 9.64 Å². The van der Waals surface area contributed by atoms with Gasteiger partial charge in [0.15, 0.2) is 5.82 Å². The van der Waals surface area contributed by atoms with Crippen LogP contribution in [0.15, 0.2) is 36.4 Å². The Balaban J connectivity index is 2.05. The Labute approximate surface area is 127 Å². The fourth-order valence-corrected chi connectivity index (χ4v) is 2.65. The highest BCUT2D eigenvalue weighted by Gasteiger charge is 2.26. The lowest BCUT2D eigenvalue weighted by Crippen LogP contribution is -2.33. The summed E-state index contributed by atoms with van der Waals surface area (Å²) >= 11 is 5.81. The summed E-state index contributed by atoms with van der Waals surface area (Å²) in [7, 11) is 0. The van der Waals surface area contributed by atoms with Crippen LogP contribution in [0.4, 0.5) is 10.1 Å². The van der Waals surface area contributed by atoms with Crippen LogP contribution in [0.1, 0.15) is 11.1 Å². The Bertz CT molecular complexity index is 712. The van der Waals surface area contributed by atoms with E-state index in [9.17, 15) is 9.65 Å². The van der Waals surface area contributed by atoms with Crippen molar-refractivity contribution in [2.75, 3.05) is 18.1 Å². The smallest absolute Gasteiger partial charge is 0.161 e. The molecule has 3 nitrogen and oxygen atoms in total. The van der Waals surface area contributed by atoms with Gasteiger partial charge < -0.3 is 9.64 Å². The number of nitrogens with zero attached hydrogens (tertiary/aromatic N) is 2. The topological polar surface area (TPSA) is 36.3 Å². The van der Waals surface area contributed by atoms with Gasteiger partial charge in [0.1, 0.15) is 29.7 Å². The van der Waals surface area contributed by atoms with Gasteiger partial charge in [-0.15, -0.1) is 0 Å². The van der Waals surface area contributed by atoms with Crippen LogP contribution in [0.25, 0.3) is 0 Å². The maximum absolute atomic E-state index is 14.1. The van der Waals surface area contributed by atoms with E-state index in [1.807, 2.05) is 41.3 Å². The number of ether oxygens (including phenoxy) is 1. The van der Waals surface area contributed by atoms with Crippen molar-refractivity contribution in [1.82, 2.24) is 0 Å². The number of anilines is 1. The van der Waals surface area contributed by atoms with Crippen LogP contribution in [-0.2, 0) is 6.54 Å². The van der Waals surface area contributed by atoms with Gasteiger partial charge in [0.05, 0.1) is 11.6 Å². The lowest BCUT2D eigenvalue weighted by atomic mass is 10.1. The van der Waals surface area contributed by atoms with E-state index in [4.69, 9.17) is 16.3 Å². The summed E-state index contributed by atoms with van der Waals surface area (Å²) in [4.78, 5) is 1.95. The van der Waals surface area contributed by atoms with Crippen molar-refractivity contribution in [2.24, 2.45) is 0 Å². The molecule has 1 aliphatic rings. The average molecular weight is 303 g/mol. The molecule has 0 aromatic heterocycles. The maximum Gasteiger partial charge on any atom is 0.161 e. The van der Waals surface area contributed by atoms with Crippen LogP contribution in [0.5, 0.6) is 5.75 Å². The zero-order valence-electron chi connectivity index (χ0n) is 11.1. The van der Waals surface area contributed by atoms with Gasteiger partial charge in [-0.2, -0.15) is 5.26 Å². The molecule has 0 amide bonds. The predicted octanol–water partition coefficient (Wildman–Crippen LogP) is 3.75. The number of benzene rings is 2. The molecule has 0 aliphatic carbocycles. The molecule has 106 valence electrons. The van der Waals surface area contributed by atoms with Gasteiger partial charge in [-0.1, -0.05) is 41.9 Å². The number of fused-ring (bicyclic) bond motifs is 1. The SMILES string of the molecule is N#Cc1c(F)c(Cl)cc2c1N(Cc1ccccc1)CCO2. The minimum absolute atomic E-state index is 0.0619. The minimum atomic E-state index is -0.693. The Morgan fingerprint density at radius 2 is 2.10 bits per heavy atom. The van der Waals surface area contributed by atoms with Gasteiger partial charge in [-0.3, -0.25) is 0 Å². The van der Waals surface area contributed by atoms with Gasteiger partial charge >= 0.3 is 0 Å². The molecule has 0 N–H and O–H groups in total. The molecule has 2 aromatic rings. The molecule has 1 aliphatic heterocycles. The first kappa shape index (κ1) is 13.7. The molecule has 1 heterocycles. The first-order valence-corrected chi connectivity index (χ1v) is 6.92. The summed E-state index contributed by atoms with van der Waals surface area (Å²) in [6.45, 7) is 1.66. The van der Waals surface area contributed by atoms with Crippen molar-refractivity contribution >= 4 is 17.3 Å². The number of nitriles is 1. The highest BCUT2D eigenvalue weighted by atomic mass is 35.5.